The van der Waals surface area contributed by atoms with Crippen LogP contribution in [0.15, 0.2) is 30.5 Å². The molecule has 1 aromatic carbocycles. The van der Waals surface area contributed by atoms with Gasteiger partial charge < -0.3 is 14.0 Å². The van der Waals surface area contributed by atoms with Crippen molar-refractivity contribution in [3.8, 4) is 10.6 Å². The summed E-state index contributed by atoms with van der Waals surface area (Å²) in [5.74, 6) is -0.159. The fraction of sp³-hybridized carbons (Fsp3) is 0.500. The van der Waals surface area contributed by atoms with Crippen molar-refractivity contribution in [2.45, 2.75) is 57.2 Å². The summed E-state index contributed by atoms with van der Waals surface area (Å²) >= 11 is 1.56. The Kier molecular flexibility index (Phi) is 4.25. The average Bonchev–Trinajstić information content (AvgIpc) is 3.22. The number of hydrogen-bond donors (Lipinski definition) is 0. The molecule has 0 radical (unpaired) electrons. The molecular formula is C20H24BNO4S. The molecule has 27 heavy (non-hydrogen) atoms. The number of esters is 1. The van der Waals surface area contributed by atoms with E-state index in [9.17, 15) is 4.79 Å². The van der Waals surface area contributed by atoms with Crippen molar-refractivity contribution < 1.29 is 18.8 Å². The first kappa shape index (κ1) is 18.7. The molecule has 2 aromatic rings. The van der Waals surface area contributed by atoms with Crippen LogP contribution in [0, 0.1) is 0 Å². The Labute approximate surface area is 164 Å². The predicted octanol–water partition coefficient (Wildman–Crippen LogP) is 3.31. The minimum atomic E-state index is -0.465. The molecule has 142 valence electrons. The van der Waals surface area contributed by atoms with E-state index < -0.39 is 5.41 Å². The summed E-state index contributed by atoms with van der Waals surface area (Å²) in [6, 6.07) is 8.10. The van der Waals surface area contributed by atoms with Crippen LogP contribution < -0.4 is 5.46 Å². The van der Waals surface area contributed by atoms with Gasteiger partial charge in [0, 0.05) is 16.6 Å². The van der Waals surface area contributed by atoms with Crippen LogP contribution in [-0.2, 0) is 24.3 Å². The smallest absolute Gasteiger partial charge is 0.468 e. The number of nitrogens with zero attached hydrogens (tertiary/aromatic N) is 1. The van der Waals surface area contributed by atoms with Gasteiger partial charge in [-0.3, -0.25) is 4.79 Å². The summed E-state index contributed by atoms with van der Waals surface area (Å²) in [5, 5.41) is 0.903. The Balaban J connectivity index is 1.54. The first-order valence-corrected chi connectivity index (χ1v) is 10.0. The number of ether oxygens (including phenoxy) is 1. The summed E-state index contributed by atoms with van der Waals surface area (Å²) in [6.45, 7) is 8.20. The van der Waals surface area contributed by atoms with E-state index in [0.29, 0.717) is 0 Å². The maximum atomic E-state index is 12.1. The minimum Gasteiger partial charge on any atom is -0.468 e. The lowest BCUT2D eigenvalue weighted by molar-refractivity contribution is -0.143. The summed E-state index contributed by atoms with van der Waals surface area (Å²) in [7, 11) is 1.07. The van der Waals surface area contributed by atoms with Gasteiger partial charge in [-0.15, -0.1) is 11.3 Å². The lowest BCUT2D eigenvalue weighted by Crippen LogP contribution is -2.41. The van der Waals surface area contributed by atoms with Gasteiger partial charge in [-0.1, -0.05) is 24.3 Å². The Bertz CT molecular complexity index is 854. The summed E-state index contributed by atoms with van der Waals surface area (Å²) in [4.78, 5) is 17.6. The molecule has 0 bridgehead atoms. The Hall–Kier alpha value is -1.70. The van der Waals surface area contributed by atoms with Gasteiger partial charge in [0.15, 0.2) is 0 Å². The summed E-state index contributed by atoms with van der Waals surface area (Å²) in [5.41, 5.74) is 0.836. The number of carbonyl (C=O) groups excluding carboxylic acids is 1. The van der Waals surface area contributed by atoms with Gasteiger partial charge in [-0.2, -0.15) is 0 Å². The lowest BCUT2D eigenvalue weighted by Gasteiger charge is -2.32. The second-order valence-corrected chi connectivity index (χ2v) is 9.34. The van der Waals surface area contributed by atoms with E-state index in [4.69, 9.17) is 14.0 Å². The van der Waals surface area contributed by atoms with Crippen molar-refractivity contribution in [3.05, 3.63) is 35.3 Å². The first-order chi connectivity index (χ1) is 12.7. The van der Waals surface area contributed by atoms with E-state index in [1.165, 1.54) is 7.11 Å². The van der Waals surface area contributed by atoms with Crippen molar-refractivity contribution in [2.24, 2.45) is 0 Å². The molecule has 0 N–H and O–H groups in total. The van der Waals surface area contributed by atoms with Crippen LogP contribution in [0.25, 0.3) is 10.6 Å². The molecule has 2 fully saturated rings. The molecule has 1 saturated carbocycles. The van der Waals surface area contributed by atoms with Gasteiger partial charge in [-0.25, -0.2) is 4.98 Å². The Morgan fingerprint density at radius 2 is 1.70 bits per heavy atom. The molecule has 7 heteroatoms. The molecule has 1 saturated heterocycles. The largest absolute Gasteiger partial charge is 0.494 e. The molecule has 5 nitrogen and oxygen atoms in total. The minimum absolute atomic E-state index is 0.159. The zero-order valence-corrected chi connectivity index (χ0v) is 17.2. The quantitative estimate of drug-likeness (QED) is 0.597. The summed E-state index contributed by atoms with van der Waals surface area (Å²) in [6.07, 6.45) is 3.48. The SMILES string of the molecule is COC(=O)C1(c2cnc(-c3ccc(B4OC(C)(C)C(C)(C)O4)cc3)s2)CC1. The summed E-state index contributed by atoms with van der Waals surface area (Å²) < 4.78 is 17.2. The van der Waals surface area contributed by atoms with Gasteiger partial charge in [-0.05, 0) is 46.0 Å². The van der Waals surface area contributed by atoms with Crippen LogP contribution in [0.3, 0.4) is 0 Å². The Morgan fingerprint density at radius 3 is 2.22 bits per heavy atom. The number of carbonyl (C=O) groups is 1. The molecule has 2 heterocycles. The van der Waals surface area contributed by atoms with Crippen LogP contribution >= 0.6 is 11.3 Å². The highest BCUT2D eigenvalue weighted by Crippen LogP contribution is 2.51. The standard InChI is InChI=1S/C20H24BNO4S/c1-18(2)19(3,4)26-21(25-18)14-8-6-13(7-9-14)16-22-12-15(27-16)20(10-11-20)17(23)24-5/h6-9,12H,10-11H2,1-5H3. The number of hydrogen-bond acceptors (Lipinski definition) is 6. The van der Waals surface area contributed by atoms with Crippen LogP contribution in [0.1, 0.15) is 45.4 Å². The van der Waals surface area contributed by atoms with Crippen molar-refractivity contribution in [3.63, 3.8) is 0 Å². The molecule has 1 aliphatic carbocycles. The average molecular weight is 385 g/mol. The number of rotatable bonds is 4. The predicted molar refractivity (Wildman–Crippen MR) is 106 cm³/mol. The molecule has 0 atom stereocenters. The van der Waals surface area contributed by atoms with Crippen LogP contribution in [0.2, 0.25) is 0 Å². The fourth-order valence-corrected chi connectivity index (χ4v) is 4.42. The third kappa shape index (κ3) is 3.02. The van der Waals surface area contributed by atoms with E-state index >= 15 is 0 Å². The first-order valence-electron chi connectivity index (χ1n) is 9.19. The number of thiazole rings is 1. The fourth-order valence-electron chi connectivity index (χ4n) is 3.26. The van der Waals surface area contributed by atoms with E-state index in [0.717, 1.165) is 33.8 Å². The van der Waals surface area contributed by atoms with Gasteiger partial charge >= 0.3 is 13.1 Å². The van der Waals surface area contributed by atoms with Gasteiger partial charge in [0.2, 0.25) is 0 Å². The van der Waals surface area contributed by atoms with Gasteiger partial charge in [0.25, 0.3) is 0 Å². The number of benzene rings is 1. The van der Waals surface area contributed by atoms with Crippen LogP contribution in [-0.4, -0.2) is 36.4 Å². The highest BCUT2D eigenvalue weighted by Gasteiger charge is 2.54. The van der Waals surface area contributed by atoms with Crippen molar-refractivity contribution in [2.75, 3.05) is 7.11 Å². The highest BCUT2D eigenvalue weighted by molar-refractivity contribution is 7.15. The molecule has 1 aliphatic heterocycles. The van der Waals surface area contributed by atoms with Crippen molar-refractivity contribution >= 4 is 29.9 Å². The highest BCUT2D eigenvalue weighted by atomic mass is 32.1. The monoisotopic (exact) mass is 385 g/mol. The molecule has 0 amide bonds. The van der Waals surface area contributed by atoms with Crippen LogP contribution in [0.5, 0.6) is 0 Å². The van der Waals surface area contributed by atoms with E-state index in [1.807, 2.05) is 58.2 Å². The molecule has 1 aromatic heterocycles. The second kappa shape index (κ2) is 6.16. The van der Waals surface area contributed by atoms with Gasteiger partial charge in [0.05, 0.1) is 18.3 Å². The third-order valence-electron chi connectivity index (χ3n) is 5.99. The van der Waals surface area contributed by atoms with Crippen molar-refractivity contribution in [1.29, 1.82) is 0 Å². The van der Waals surface area contributed by atoms with Crippen molar-refractivity contribution in [1.82, 2.24) is 4.98 Å². The van der Waals surface area contributed by atoms with Crippen LogP contribution in [0.4, 0.5) is 0 Å². The molecule has 2 aliphatic rings. The topological polar surface area (TPSA) is 57.7 Å². The normalized spacial score (nSPS) is 21.9. The molecule has 0 spiro atoms. The molecular weight excluding hydrogens is 361 g/mol. The second-order valence-electron chi connectivity index (χ2n) is 8.31. The zero-order valence-electron chi connectivity index (χ0n) is 16.4. The Morgan fingerprint density at radius 1 is 1.11 bits per heavy atom. The van der Waals surface area contributed by atoms with E-state index in [2.05, 4.69) is 4.98 Å². The number of methoxy groups -OCH3 is 1. The maximum Gasteiger partial charge on any atom is 0.494 e. The lowest BCUT2D eigenvalue weighted by atomic mass is 9.79. The van der Waals surface area contributed by atoms with E-state index in [1.54, 1.807) is 11.3 Å². The van der Waals surface area contributed by atoms with Gasteiger partial charge in [0.1, 0.15) is 10.4 Å². The molecule has 4 rings (SSSR count). The third-order valence-corrected chi connectivity index (χ3v) is 7.24. The maximum absolute atomic E-state index is 12.1. The molecule has 0 unspecified atom stereocenters. The van der Waals surface area contributed by atoms with E-state index in [-0.39, 0.29) is 24.3 Å². The zero-order chi connectivity index (χ0) is 19.4. The number of aromatic nitrogens is 1.